The molecule has 1 rings (SSSR count). The van der Waals surface area contributed by atoms with Crippen LogP contribution in [0.2, 0.25) is 15.1 Å². The van der Waals surface area contributed by atoms with Gasteiger partial charge in [0.1, 0.15) is 0 Å². The van der Waals surface area contributed by atoms with Crippen molar-refractivity contribution in [1.82, 2.24) is 0 Å². The predicted molar refractivity (Wildman–Crippen MR) is 58.1 cm³/mol. The molecule has 0 amide bonds. The molecule has 0 spiro atoms. The van der Waals surface area contributed by atoms with E-state index in [1.165, 1.54) is 6.08 Å². The van der Waals surface area contributed by atoms with Crippen molar-refractivity contribution in [2.24, 2.45) is 0 Å². The summed E-state index contributed by atoms with van der Waals surface area (Å²) in [6, 6.07) is 3.15. The maximum absolute atomic E-state index is 10.2. The van der Waals surface area contributed by atoms with Gasteiger partial charge < -0.3 is 5.11 Å². The first kappa shape index (κ1) is 11.4. The fraction of sp³-hybridized carbons (Fsp3) is 0. The maximum atomic E-state index is 10.2. The summed E-state index contributed by atoms with van der Waals surface area (Å²) < 4.78 is 0. The molecule has 0 unspecified atom stereocenters. The molecular weight excluding hydrogens is 246 g/mol. The van der Waals surface area contributed by atoms with Crippen molar-refractivity contribution in [2.45, 2.75) is 0 Å². The van der Waals surface area contributed by atoms with E-state index in [0.29, 0.717) is 10.6 Å². The van der Waals surface area contributed by atoms with Gasteiger partial charge in [-0.2, -0.15) is 0 Å². The predicted octanol–water partition coefficient (Wildman–Crippen LogP) is 3.74. The Morgan fingerprint density at radius 2 is 1.86 bits per heavy atom. The lowest BCUT2D eigenvalue weighted by atomic mass is 10.2. The Balaban J connectivity index is 3.12. The highest BCUT2D eigenvalue weighted by Crippen LogP contribution is 2.33. The molecular formula is C9H5Cl3O2. The van der Waals surface area contributed by atoms with Crippen LogP contribution in [-0.2, 0) is 4.79 Å². The SMILES string of the molecule is O=C(O)/C=C/c1ccc(Cl)c(Cl)c1Cl. The van der Waals surface area contributed by atoms with E-state index in [9.17, 15) is 4.79 Å². The Labute approximate surface area is 95.7 Å². The zero-order chi connectivity index (χ0) is 10.7. The van der Waals surface area contributed by atoms with Crippen LogP contribution in [0.25, 0.3) is 6.08 Å². The van der Waals surface area contributed by atoms with E-state index in [4.69, 9.17) is 39.9 Å². The quantitative estimate of drug-likeness (QED) is 0.642. The van der Waals surface area contributed by atoms with Crippen LogP contribution in [0.1, 0.15) is 5.56 Å². The number of carbonyl (C=O) groups is 1. The number of benzene rings is 1. The molecule has 0 aliphatic rings. The van der Waals surface area contributed by atoms with Crippen LogP contribution in [-0.4, -0.2) is 11.1 Å². The molecule has 0 heterocycles. The minimum absolute atomic E-state index is 0.223. The van der Waals surface area contributed by atoms with Crippen LogP contribution < -0.4 is 0 Å². The molecule has 0 saturated carbocycles. The topological polar surface area (TPSA) is 37.3 Å². The normalized spacial score (nSPS) is 10.8. The number of carboxylic acid groups (broad SMARTS) is 1. The molecule has 74 valence electrons. The molecule has 5 heteroatoms. The van der Waals surface area contributed by atoms with Crippen molar-refractivity contribution >= 4 is 46.8 Å². The van der Waals surface area contributed by atoms with E-state index in [2.05, 4.69) is 0 Å². The second-order valence-corrected chi connectivity index (χ2v) is 3.60. The number of carboxylic acids is 1. The number of hydrogen-bond acceptors (Lipinski definition) is 1. The van der Waals surface area contributed by atoms with Gasteiger partial charge in [-0.25, -0.2) is 4.79 Å². The monoisotopic (exact) mass is 250 g/mol. The highest BCUT2D eigenvalue weighted by molar-refractivity contribution is 6.48. The van der Waals surface area contributed by atoms with Gasteiger partial charge in [0, 0.05) is 6.08 Å². The average Bonchev–Trinajstić information content (AvgIpc) is 2.13. The van der Waals surface area contributed by atoms with Crippen molar-refractivity contribution < 1.29 is 9.90 Å². The Morgan fingerprint density at radius 3 is 2.43 bits per heavy atom. The Morgan fingerprint density at radius 1 is 1.21 bits per heavy atom. The van der Waals surface area contributed by atoms with Gasteiger partial charge in [0.05, 0.1) is 15.1 Å². The van der Waals surface area contributed by atoms with Gasteiger partial charge in [-0.15, -0.1) is 0 Å². The lowest BCUT2D eigenvalue weighted by Crippen LogP contribution is -1.86. The van der Waals surface area contributed by atoms with E-state index >= 15 is 0 Å². The van der Waals surface area contributed by atoms with Crippen LogP contribution in [0.15, 0.2) is 18.2 Å². The maximum Gasteiger partial charge on any atom is 0.328 e. The molecule has 1 aromatic rings. The average molecular weight is 251 g/mol. The Kier molecular flexibility index (Phi) is 3.81. The lowest BCUT2D eigenvalue weighted by Gasteiger charge is -2.01. The zero-order valence-corrected chi connectivity index (χ0v) is 9.07. The van der Waals surface area contributed by atoms with Crippen LogP contribution in [0.4, 0.5) is 0 Å². The van der Waals surface area contributed by atoms with Crippen molar-refractivity contribution in [3.05, 3.63) is 38.8 Å². The molecule has 1 aromatic carbocycles. The highest BCUT2D eigenvalue weighted by Gasteiger charge is 2.06. The zero-order valence-electron chi connectivity index (χ0n) is 6.80. The van der Waals surface area contributed by atoms with Gasteiger partial charge in [0.15, 0.2) is 0 Å². The highest BCUT2D eigenvalue weighted by atomic mass is 35.5. The van der Waals surface area contributed by atoms with Gasteiger partial charge in [0.2, 0.25) is 0 Å². The molecule has 0 fully saturated rings. The summed E-state index contributed by atoms with van der Waals surface area (Å²) >= 11 is 17.3. The fourth-order valence-electron chi connectivity index (χ4n) is 0.831. The molecule has 0 aliphatic carbocycles. The van der Waals surface area contributed by atoms with Gasteiger partial charge in [-0.05, 0) is 17.7 Å². The van der Waals surface area contributed by atoms with Crippen molar-refractivity contribution in [2.75, 3.05) is 0 Å². The van der Waals surface area contributed by atoms with Crippen LogP contribution in [0.5, 0.6) is 0 Å². The smallest absolute Gasteiger partial charge is 0.328 e. The van der Waals surface area contributed by atoms with E-state index in [0.717, 1.165) is 6.08 Å². The largest absolute Gasteiger partial charge is 0.478 e. The molecule has 0 atom stereocenters. The number of rotatable bonds is 2. The van der Waals surface area contributed by atoms with Crippen LogP contribution >= 0.6 is 34.8 Å². The summed E-state index contributed by atoms with van der Waals surface area (Å²) in [7, 11) is 0. The summed E-state index contributed by atoms with van der Waals surface area (Å²) in [5.74, 6) is -1.05. The van der Waals surface area contributed by atoms with E-state index in [1.54, 1.807) is 12.1 Å². The molecule has 14 heavy (non-hydrogen) atoms. The number of halogens is 3. The van der Waals surface area contributed by atoms with Crippen molar-refractivity contribution in [1.29, 1.82) is 0 Å². The molecule has 2 nitrogen and oxygen atoms in total. The minimum atomic E-state index is -1.05. The van der Waals surface area contributed by atoms with Crippen molar-refractivity contribution in [3.8, 4) is 0 Å². The second-order valence-electron chi connectivity index (χ2n) is 2.44. The van der Waals surface area contributed by atoms with Crippen LogP contribution in [0.3, 0.4) is 0 Å². The van der Waals surface area contributed by atoms with Gasteiger partial charge in [-0.3, -0.25) is 0 Å². The third kappa shape index (κ3) is 2.64. The van der Waals surface area contributed by atoms with Gasteiger partial charge in [0.25, 0.3) is 0 Å². The number of aliphatic carboxylic acids is 1. The molecule has 0 bridgehead atoms. The summed E-state index contributed by atoms with van der Waals surface area (Å²) in [6.07, 6.45) is 2.33. The second kappa shape index (κ2) is 4.69. The van der Waals surface area contributed by atoms with Gasteiger partial charge >= 0.3 is 5.97 Å². The Bertz CT molecular complexity index is 399. The third-order valence-electron chi connectivity index (χ3n) is 1.47. The van der Waals surface area contributed by atoms with Gasteiger partial charge in [-0.1, -0.05) is 40.9 Å². The molecule has 1 N–H and O–H groups in total. The first-order valence-electron chi connectivity index (χ1n) is 3.57. The Hall–Kier alpha value is -0.700. The molecule has 0 radical (unpaired) electrons. The molecule has 0 aliphatic heterocycles. The standard InChI is InChI=1S/C9H5Cl3O2/c10-6-3-1-5(2-4-7(13)14)8(11)9(6)12/h1-4H,(H,13,14)/b4-2+. The lowest BCUT2D eigenvalue weighted by molar-refractivity contribution is -0.131. The third-order valence-corrected chi connectivity index (χ3v) is 2.78. The van der Waals surface area contributed by atoms with E-state index < -0.39 is 5.97 Å². The fourth-order valence-corrected chi connectivity index (χ4v) is 1.44. The number of hydrogen-bond donors (Lipinski definition) is 1. The van der Waals surface area contributed by atoms with Crippen LogP contribution in [0, 0.1) is 0 Å². The first-order valence-corrected chi connectivity index (χ1v) is 4.70. The first-order chi connectivity index (χ1) is 6.52. The molecule has 0 aromatic heterocycles. The summed E-state index contributed by atoms with van der Waals surface area (Å²) in [6.45, 7) is 0. The molecule has 0 saturated heterocycles. The van der Waals surface area contributed by atoms with Crippen molar-refractivity contribution in [3.63, 3.8) is 0 Å². The summed E-state index contributed by atoms with van der Waals surface area (Å²) in [5.41, 5.74) is 0.517. The minimum Gasteiger partial charge on any atom is -0.478 e. The van der Waals surface area contributed by atoms with E-state index in [1.807, 2.05) is 0 Å². The summed E-state index contributed by atoms with van der Waals surface area (Å²) in [5, 5.41) is 9.21. The van der Waals surface area contributed by atoms with E-state index in [-0.39, 0.29) is 10.0 Å². The summed E-state index contributed by atoms with van der Waals surface area (Å²) in [4.78, 5) is 10.2.